The van der Waals surface area contributed by atoms with Crippen LogP contribution in [0, 0.1) is 5.92 Å². The number of aliphatic imine (C=N–C) groups is 1. The summed E-state index contributed by atoms with van der Waals surface area (Å²) in [6, 6.07) is 9.46. The lowest BCUT2D eigenvalue weighted by Gasteiger charge is -2.21. The first-order chi connectivity index (χ1) is 17.6. The third kappa shape index (κ3) is 8.96. The molecule has 0 heterocycles. The van der Waals surface area contributed by atoms with Gasteiger partial charge < -0.3 is 38.3 Å². The molecule has 12 heteroatoms. The maximum atomic E-state index is 13.3. The van der Waals surface area contributed by atoms with Crippen LogP contribution in [-0.2, 0) is 9.59 Å². The molecule has 3 amide bonds. The van der Waals surface area contributed by atoms with Crippen molar-refractivity contribution < 1.29 is 19.1 Å². The Balaban J connectivity index is 1.73. The zero-order valence-electron chi connectivity index (χ0n) is 20.3. The minimum Gasteiger partial charge on any atom is -0.455 e. The van der Waals surface area contributed by atoms with E-state index >= 15 is 0 Å². The van der Waals surface area contributed by atoms with Crippen LogP contribution in [0.5, 0.6) is 11.5 Å². The van der Waals surface area contributed by atoms with Gasteiger partial charge in [0.2, 0.25) is 17.7 Å². The molecule has 1 aliphatic rings. The number of carbonyl (C=O) groups is 3. The minimum atomic E-state index is -0.819. The van der Waals surface area contributed by atoms with Crippen molar-refractivity contribution in [3.63, 3.8) is 0 Å². The summed E-state index contributed by atoms with van der Waals surface area (Å²) in [6.07, 6.45) is 3.32. The van der Waals surface area contributed by atoms with Crippen LogP contribution in [0.3, 0.4) is 0 Å². The van der Waals surface area contributed by atoms with Crippen molar-refractivity contribution in [1.82, 2.24) is 5.32 Å². The highest BCUT2D eigenvalue weighted by molar-refractivity contribution is 6.30. The number of hydrogen-bond donors (Lipinski definition) is 6. The topological polar surface area (TPSA) is 201 Å². The van der Waals surface area contributed by atoms with Crippen molar-refractivity contribution in [1.29, 1.82) is 0 Å². The fourth-order valence-electron chi connectivity index (χ4n) is 3.59. The van der Waals surface area contributed by atoms with Crippen molar-refractivity contribution >= 4 is 41.0 Å². The number of rotatable bonds is 13. The Morgan fingerprint density at radius 2 is 1.84 bits per heavy atom. The average Bonchev–Trinajstić information content (AvgIpc) is 3.66. The summed E-state index contributed by atoms with van der Waals surface area (Å²) >= 11 is 6.05. The van der Waals surface area contributed by atoms with Crippen LogP contribution >= 0.6 is 11.6 Å². The Bertz CT molecular complexity index is 1170. The number of benzene rings is 2. The monoisotopic (exact) mass is 529 g/mol. The van der Waals surface area contributed by atoms with Crippen molar-refractivity contribution in [3.8, 4) is 11.5 Å². The summed E-state index contributed by atoms with van der Waals surface area (Å²) in [5, 5.41) is 6.03. The van der Waals surface area contributed by atoms with Crippen LogP contribution in [0.4, 0.5) is 5.69 Å². The molecule has 3 rings (SSSR count). The number of hydrogen-bond acceptors (Lipinski definition) is 6. The molecule has 2 aromatic rings. The molecule has 198 valence electrons. The fraction of sp³-hybridized carbons (Fsp3) is 0.360. The molecule has 2 aromatic carbocycles. The second-order valence-corrected chi connectivity index (χ2v) is 9.36. The van der Waals surface area contributed by atoms with Crippen LogP contribution in [-0.4, -0.2) is 42.3 Å². The average molecular weight is 530 g/mol. The molecule has 0 saturated heterocycles. The van der Waals surface area contributed by atoms with E-state index in [9.17, 15) is 14.4 Å². The number of guanidine groups is 1. The van der Waals surface area contributed by atoms with E-state index < -0.39 is 29.8 Å². The van der Waals surface area contributed by atoms with Gasteiger partial charge in [-0.3, -0.25) is 19.4 Å². The highest BCUT2D eigenvalue weighted by atomic mass is 35.5. The first kappa shape index (κ1) is 27.8. The van der Waals surface area contributed by atoms with Gasteiger partial charge in [-0.15, -0.1) is 0 Å². The third-order valence-electron chi connectivity index (χ3n) is 5.75. The Kier molecular flexibility index (Phi) is 9.70. The Hall–Kier alpha value is -3.83. The molecular formula is C25H32ClN7O4. The summed E-state index contributed by atoms with van der Waals surface area (Å²) in [7, 11) is 0. The number of nitrogens with two attached hydrogens (primary N) is 4. The summed E-state index contributed by atoms with van der Waals surface area (Å²) in [4.78, 5) is 41.6. The van der Waals surface area contributed by atoms with Crippen molar-refractivity contribution in [2.24, 2.45) is 33.8 Å². The fourth-order valence-corrected chi connectivity index (χ4v) is 3.77. The molecule has 0 aromatic heterocycles. The van der Waals surface area contributed by atoms with Crippen molar-refractivity contribution in [2.75, 3.05) is 11.9 Å². The molecule has 0 aliphatic heterocycles. The van der Waals surface area contributed by atoms with Crippen LogP contribution in [0.2, 0.25) is 5.02 Å². The van der Waals surface area contributed by atoms with Crippen LogP contribution in [0.15, 0.2) is 47.5 Å². The molecule has 1 fully saturated rings. The molecule has 0 radical (unpaired) electrons. The zero-order valence-corrected chi connectivity index (χ0v) is 21.0. The Morgan fingerprint density at radius 1 is 1.08 bits per heavy atom. The van der Waals surface area contributed by atoms with E-state index in [1.165, 1.54) is 18.2 Å². The maximum absolute atomic E-state index is 13.3. The number of anilines is 1. The van der Waals surface area contributed by atoms with E-state index in [4.69, 9.17) is 39.3 Å². The second-order valence-electron chi connectivity index (χ2n) is 8.92. The van der Waals surface area contributed by atoms with E-state index in [0.29, 0.717) is 48.2 Å². The molecule has 0 bridgehead atoms. The molecule has 10 N–H and O–H groups in total. The van der Waals surface area contributed by atoms with Crippen LogP contribution in [0.1, 0.15) is 42.5 Å². The molecule has 0 spiro atoms. The van der Waals surface area contributed by atoms with E-state index in [2.05, 4.69) is 15.6 Å². The molecule has 37 heavy (non-hydrogen) atoms. The van der Waals surface area contributed by atoms with E-state index in [1.807, 2.05) is 0 Å². The van der Waals surface area contributed by atoms with Gasteiger partial charge >= 0.3 is 0 Å². The molecule has 11 nitrogen and oxygen atoms in total. The first-order valence-electron chi connectivity index (χ1n) is 11.9. The predicted molar refractivity (Wildman–Crippen MR) is 142 cm³/mol. The minimum absolute atomic E-state index is 0.0261. The van der Waals surface area contributed by atoms with Crippen molar-refractivity contribution in [2.45, 2.75) is 44.2 Å². The lowest BCUT2D eigenvalue weighted by molar-refractivity contribution is -0.127. The van der Waals surface area contributed by atoms with E-state index in [0.717, 1.165) is 12.8 Å². The third-order valence-corrected chi connectivity index (χ3v) is 5.99. The summed E-state index contributed by atoms with van der Waals surface area (Å²) in [6.45, 7) is 0.353. The number of primary amides is 1. The number of nitrogens with one attached hydrogen (secondary N) is 2. The van der Waals surface area contributed by atoms with Gasteiger partial charge in [-0.25, -0.2) is 0 Å². The number of carbonyl (C=O) groups excluding carboxylic acids is 3. The molecule has 2 atom stereocenters. The number of nitrogens with zero attached hydrogens (tertiary/aromatic N) is 1. The first-order valence-corrected chi connectivity index (χ1v) is 12.3. The van der Waals surface area contributed by atoms with E-state index in [1.54, 1.807) is 24.3 Å². The number of halogens is 1. The molecule has 0 unspecified atom stereocenters. The smallest absolute Gasteiger partial charge is 0.248 e. The summed E-state index contributed by atoms with van der Waals surface area (Å²) in [5.74, 6) is -0.614. The van der Waals surface area contributed by atoms with Gasteiger partial charge in [0.1, 0.15) is 11.8 Å². The lowest BCUT2D eigenvalue weighted by atomic mass is 10.1. The number of amides is 3. The highest BCUT2D eigenvalue weighted by Gasteiger charge is 2.32. The van der Waals surface area contributed by atoms with Gasteiger partial charge in [-0.1, -0.05) is 30.5 Å². The van der Waals surface area contributed by atoms with Crippen molar-refractivity contribution in [3.05, 3.63) is 53.1 Å². The normalized spacial score (nSPS) is 14.2. The highest BCUT2D eigenvalue weighted by Crippen LogP contribution is 2.35. The standard InChI is InChI=1S/C25H32ClN7O4/c26-16-3-1-4-17(13-16)37-21-12-15(22(28)34)8-9-19(21)32-24(36)20(11-14-6-7-14)33-23(35)18(27)5-2-10-31-25(29)30/h1,3-4,8-9,12-14,18,20H,2,5-7,10-11,27H2,(H2,28,34)(H,32,36)(H,33,35)(H4,29,30,31)/t18-,20-/m0/s1. The van der Waals surface area contributed by atoms with Crippen LogP contribution in [0.25, 0.3) is 0 Å². The molecular weight excluding hydrogens is 498 g/mol. The predicted octanol–water partition coefficient (Wildman–Crippen LogP) is 1.84. The van der Waals surface area contributed by atoms with E-state index in [-0.39, 0.29) is 17.3 Å². The van der Waals surface area contributed by atoms with Gasteiger partial charge in [-0.2, -0.15) is 0 Å². The zero-order chi connectivity index (χ0) is 26.9. The number of ether oxygens (including phenoxy) is 1. The Labute approximate surface area is 219 Å². The summed E-state index contributed by atoms with van der Waals surface area (Å²) < 4.78 is 5.90. The van der Waals surface area contributed by atoms with Gasteiger partial charge in [0.05, 0.1) is 11.7 Å². The summed E-state index contributed by atoms with van der Waals surface area (Å²) in [5.41, 5.74) is 22.5. The van der Waals surface area contributed by atoms with Gasteiger partial charge in [0, 0.05) is 17.1 Å². The van der Waals surface area contributed by atoms with Gasteiger partial charge in [0.15, 0.2) is 11.7 Å². The lowest BCUT2D eigenvalue weighted by Crippen LogP contribution is -2.50. The van der Waals surface area contributed by atoms with Crippen LogP contribution < -0.4 is 38.3 Å². The quantitative estimate of drug-likeness (QED) is 0.129. The SMILES string of the molecule is NC(=O)c1ccc(NC(=O)[C@H](CC2CC2)NC(=O)[C@@H](N)CCCN=C(N)N)c(Oc2cccc(Cl)c2)c1. The Morgan fingerprint density at radius 3 is 2.49 bits per heavy atom. The molecule has 1 saturated carbocycles. The largest absolute Gasteiger partial charge is 0.455 e. The maximum Gasteiger partial charge on any atom is 0.248 e. The molecule has 1 aliphatic carbocycles. The van der Waals surface area contributed by atoms with Gasteiger partial charge in [-0.05, 0) is 61.6 Å². The van der Waals surface area contributed by atoms with Gasteiger partial charge in [0.25, 0.3) is 0 Å². The second kappa shape index (κ2) is 12.9.